The van der Waals surface area contributed by atoms with E-state index >= 15 is 0 Å². The molecule has 1 atom stereocenters. The van der Waals surface area contributed by atoms with Crippen LogP contribution in [0.25, 0.3) is 0 Å². The molecule has 5 heteroatoms. The normalized spacial score (nSPS) is 18.9. The Bertz CT molecular complexity index is 524. The van der Waals surface area contributed by atoms with Gasteiger partial charge in [0.05, 0.1) is 17.3 Å². The lowest BCUT2D eigenvalue weighted by Crippen LogP contribution is -2.31. The number of carboxylic acid groups (broad SMARTS) is 1. The number of nitrogens with zero attached hydrogens (tertiary/aromatic N) is 1. The molecule has 18 heavy (non-hydrogen) atoms. The van der Waals surface area contributed by atoms with Crippen LogP contribution in [0.3, 0.4) is 0 Å². The first-order chi connectivity index (χ1) is 8.43. The first kappa shape index (κ1) is 12.4. The Hall–Kier alpha value is -2.04. The fourth-order valence-corrected chi connectivity index (χ4v) is 2.15. The number of ether oxygens (including phenoxy) is 1. The molecule has 96 valence electrons. The van der Waals surface area contributed by atoms with E-state index in [1.54, 1.807) is 17.9 Å². The Balaban J connectivity index is 2.50. The molecule has 1 heterocycles. The minimum Gasteiger partial charge on any atom is -0.478 e. The summed E-state index contributed by atoms with van der Waals surface area (Å²) < 4.78 is 4.98. The molecule has 0 bridgehead atoms. The summed E-state index contributed by atoms with van der Waals surface area (Å²) in [7, 11) is 0. The molecule has 1 aliphatic rings. The Labute approximate surface area is 105 Å². The maximum Gasteiger partial charge on any atom is 0.414 e. The number of carbonyl (C=O) groups is 2. The van der Waals surface area contributed by atoms with E-state index in [9.17, 15) is 9.59 Å². The van der Waals surface area contributed by atoms with E-state index in [0.717, 1.165) is 5.56 Å². The molecular weight excluding hydrogens is 234 g/mol. The minimum atomic E-state index is -0.959. The van der Waals surface area contributed by atoms with Gasteiger partial charge in [-0.3, -0.25) is 4.90 Å². The van der Waals surface area contributed by atoms with Crippen LogP contribution in [-0.2, 0) is 4.74 Å². The van der Waals surface area contributed by atoms with Gasteiger partial charge in [0.1, 0.15) is 6.61 Å². The standard InChI is InChI=1S/C13H15NO4/c1-7-6-18-13(17)14(7)11-5-4-10(12(15)16)8(2)9(11)3/h4-5,7H,6H2,1-3H3,(H,15,16)/t7-/m1/s1. The molecule has 5 nitrogen and oxygen atoms in total. The highest BCUT2D eigenvalue weighted by Crippen LogP contribution is 2.30. The second-order valence-electron chi connectivity index (χ2n) is 4.48. The lowest BCUT2D eigenvalue weighted by Gasteiger charge is -2.22. The van der Waals surface area contributed by atoms with Crippen LogP contribution in [0, 0.1) is 13.8 Å². The first-order valence-corrected chi connectivity index (χ1v) is 5.73. The second kappa shape index (κ2) is 4.33. The number of aromatic carboxylic acids is 1. The van der Waals surface area contributed by atoms with E-state index in [4.69, 9.17) is 9.84 Å². The molecule has 1 saturated heterocycles. The summed E-state index contributed by atoms with van der Waals surface area (Å²) in [6, 6.07) is 3.15. The number of anilines is 1. The molecule has 0 aliphatic carbocycles. The van der Waals surface area contributed by atoms with Crippen molar-refractivity contribution in [3.05, 3.63) is 28.8 Å². The summed E-state index contributed by atoms with van der Waals surface area (Å²) >= 11 is 0. The zero-order valence-corrected chi connectivity index (χ0v) is 10.6. The van der Waals surface area contributed by atoms with Crippen molar-refractivity contribution in [2.75, 3.05) is 11.5 Å². The van der Waals surface area contributed by atoms with Crippen molar-refractivity contribution in [1.29, 1.82) is 0 Å². The minimum absolute atomic E-state index is 0.0359. The van der Waals surface area contributed by atoms with Crippen LogP contribution in [0.15, 0.2) is 12.1 Å². The molecule has 1 amide bonds. The molecule has 0 aromatic heterocycles. The van der Waals surface area contributed by atoms with Crippen molar-refractivity contribution < 1.29 is 19.4 Å². The van der Waals surface area contributed by atoms with Gasteiger partial charge in [0.25, 0.3) is 0 Å². The number of rotatable bonds is 2. The van der Waals surface area contributed by atoms with Gasteiger partial charge in [-0.25, -0.2) is 9.59 Å². The summed E-state index contributed by atoms with van der Waals surface area (Å²) in [5, 5.41) is 9.05. The zero-order chi connectivity index (χ0) is 13.4. The van der Waals surface area contributed by atoms with Crippen molar-refractivity contribution in [3.8, 4) is 0 Å². The lowest BCUT2D eigenvalue weighted by molar-refractivity contribution is 0.0696. The molecule has 1 N–H and O–H groups in total. The van der Waals surface area contributed by atoms with E-state index in [1.165, 1.54) is 6.07 Å². The molecule has 1 aromatic rings. The quantitative estimate of drug-likeness (QED) is 0.873. The third-order valence-electron chi connectivity index (χ3n) is 3.33. The monoisotopic (exact) mass is 249 g/mol. The first-order valence-electron chi connectivity index (χ1n) is 5.73. The smallest absolute Gasteiger partial charge is 0.414 e. The molecule has 0 spiro atoms. The SMILES string of the molecule is Cc1c(C(=O)O)ccc(N2C(=O)OC[C@H]2C)c1C. The van der Waals surface area contributed by atoms with Gasteiger partial charge in [-0.15, -0.1) is 0 Å². The van der Waals surface area contributed by atoms with Gasteiger partial charge >= 0.3 is 12.1 Å². The van der Waals surface area contributed by atoms with E-state index in [1.807, 2.05) is 13.8 Å². The lowest BCUT2D eigenvalue weighted by atomic mass is 10.0. The van der Waals surface area contributed by atoms with Gasteiger partial charge in [-0.1, -0.05) is 0 Å². The number of benzene rings is 1. The average molecular weight is 249 g/mol. The van der Waals surface area contributed by atoms with Crippen LogP contribution < -0.4 is 4.90 Å². The summed E-state index contributed by atoms with van der Waals surface area (Å²) in [4.78, 5) is 24.2. The third kappa shape index (κ3) is 1.81. The average Bonchev–Trinajstić information content (AvgIpc) is 2.63. The summed E-state index contributed by atoms with van der Waals surface area (Å²) in [5.74, 6) is -0.959. The van der Waals surface area contributed by atoms with Crippen molar-refractivity contribution in [2.24, 2.45) is 0 Å². The molecule has 0 unspecified atom stereocenters. The zero-order valence-electron chi connectivity index (χ0n) is 10.6. The molecular formula is C13H15NO4. The highest BCUT2D eigenvalue weighted by molar-refractivity contribution is 5.94. The van der Waals surface area contributed by atoms with Gasteiger partial charge in [-0.2, -0.15) is 0 Å². The summed E-state index contributed by atoms with van der Waals surface area (Å²) in [5.41, 5.74) is 2.44. The summed E-state index contributed by atoms with van der Waals surface area (Å²) in [6.07, 6.45) is -0.381. The molecule has 0 saturated carbocycles. The van der Waals surface area contributed by atoms with Crippen molar-refractivity contribution in [2.45, 2.75) is 26.8 Å². The molecule has 1 aromatic carbocycles. The van der Waals surface area contributed by atoms with Crippen LogP contribution in [0.1, 0.15) is 28.4 Å². The fraction of sp³-hybridized carbons (Fsp3) is 0.385. The maximum absolute atomic E-state index is 11.7. The molecule has 2 rings (SSSR count). The van der Waals surface area contributed by atoms with Crippen molar-refractivity contribution in [3.63, 3.8) is 0 Å². The Morgan fingerprint density at radius 3 is 2.56 bits per heavy atom. The van der Waals surface area contributed by atoms with Gasteiger partial charge in [0.2, 0.25) is 0 Å². The van der Waals surface area contributed by atoms with Gasteiger partial charge in [0, 0.05) is 0 Å². The van der Waals surface area contributed by atoms with Gasteiger partial charge in [0.15, 0.2) is 0 Å². The number of carboxylic acids is 1. The van der Waals surface area contributed by atoms with Crippen LogP contribution in [0.5, 0.6) is 0 Å². The Kier molecular flexibility index (Phi) is 2.98. The second-order valence-corrected chi connectivity index (χ2v) is 4.48. The number of cyclic esters (lactones) is 1. The highest BCUT2D eigenvalue weighted by atomic mass is 16.6. The number of carbonyl (C=O) groups excluding carboxylic acids is 1. The van der Waals surface area contributed by atoms with Crippen LogP contribution in [0.2, 0.25) is 0 Å². The van der Waals surface area contributed by atoms with E-state index < -0.39 is 5.97 Å². The number of amides is 1. The molecule has 1 fully saturated rings. The summed E-state index contributed by atoms with van der Waals surface area (Å²) in [6.45, 7) is 5.81. The van der Waals surface area contributed by atoms with Crippen molar-refractivity contribution in [1.82, 2.24) is 0 Å². The predicted octanol–water partition coefficient (Wildman–Crippen LogP) is 2.35. The number of hydrogen-bond acceptors (Lipinski definition) is 3. The highest BCUT2D eigenvalue weighted by Gasteiger charge is 2.32. The van der Waals surface area contributed by atoms with Crippen molar-refractivity contribution >= 4 is 17.7 Å². The Morgan fingerprint density at radius 1 is 1.39 bits per heavy atom. The molecule has 1 aliphatic heterocycles. The molecule has 0 radical (unpaired) electrons. The topological polar surface area (TPSA) is 66.8 Å². The number of hydrogen-bond donors (Lipinski definition) is 1. The van der Waals surface area contributed by atoms with E-state index in [0.29, 0.717) is 17.9 Å². The van der Waals surface area contributed by atoms with E-state index in [2.05, 4.69) is 0 Å². The van der Waals surface area contributed by atoms with E-state index in [-0.39, 0.29) is 17.7 Å². The third-order valence-corrected chi connectivity index (χ3v) is 3.33. The van der Waals surface area contributed by atoms with Crippen LogP contribution in [0.4, 0.5) is 10.5 Å². The van der Waals surface area contributed by atoms with Crippen LogP contribution >= 0.6 is 0 Å². The van der Waals surface area contributed by atoms with Gasteiger partial charge in [-0.05, 0) is 44.0 Å². The van der Waals surface area contributed by atoms with Crippen LogP contribution in [-0.4, -0.2) is 29.8 Å². The Morgan fingerprint density at radius 2 is 2.06 bits per heavy atom. The van der Waals surface area contributed by atoms with Gasteiger partial charge < -0.3 is 9.84 Å². The fourth-order valence-electron chi connectivity index (χ4n) is 2.15. The largest absolute Gasteiger partial charge is 0.478 e. The predicted molar refractivity (Wildman–Crippen MR) is 66.2 cm³/mol. The maximum atomic E-state index is 11.7.